The summed E-state index contributed by atoms with van der Waals surface area (Å²) in [6.07, 6.45) is 4.34. The maximum Gasteiger partial charge on any atom is 0.227 e. The Morgan fingerprint density at radius 3 is 2.74 bits per heavy atom. The van der Waals surface area contributed by atoms with Gasteiger partial charge in [0.05, 0.1) is 5.92 Å². The lowest BCUT2D eigenvalue weighted by Crippen LogP contribution is -2.47. The molecule has 4 heteroatoms. The molecule has 2 fully saturated rings. The lowest BCUT2D eigenvalue weighted by Gasteiger charge is -2.34. The van der Waals surface area contributed by atoms with Crippen LogP contribution in [0.3, 0.4) is 0 Å². The predicted octanol–water partition coefficient (Wildman–Crippen LogP) is 1.16. The van der Waals surface area contributed by atoms with Crippen LogP contribution in [0.4, 0.5) is 0 Å². The van der Waals surface area contributed by atoms with Crippen LogP contribution in [-0.4, -0.2) is 55.5 Å². The van der Waals surface area contributed by atoms with Crippen molar-refractivity contribution in [3.63, 3.8) is 0 Å². The molecule has 1 saturated carbocycles. The Morgan fingerprint density at radius 2 is 2.11 bits per heavy atom. The summed E-state index contributed by atoms with van der Waals surface area (Å²) in [5, 5.41) is 0. The SMILES string of the molecule is CC1CCC(N)C(C(=O)N(C)CC2CCN(C)C2)C1. The highest BCUT2D eigenvalue weighted by atomic mass is 16.2. The highest BCUT2D eigenvalue weighted by Gasteiger charge is 2.34. The summed E-state index contributed by atoms with van der Waals surface area (Å²) in [5.74, 6) is 1.59. The fourth-order valence-electron chi connectivity index (χ4n) is 3.62. The Bertz CT molecular complexity index is 321. The van der Waals surface area contributed by atoms with Gasteiger partial charge in [-0.1, -0.05) is 6.92 Å². The van der Waals surface area contributed by atoms with Crippen LogP contribution in [0.2, 0.25) is 0 Å². The van der Waals surface area contributed by atoms with Crippen LogP contribution in [0.1, 0.15) is 32.6 Å². The first-order chi connectivity index (χ1) is 8.97. The van der Waals surface area contributed by atoms with Crippen LogP contribution in [-0.2, 0) is 4.79 Å². The second-order valence-corrected chi connectivity index (χ2v) is 6.82. The molecule has 110 valence electrons. The number of likely N-dealkylation sites (tertiary alicyclic amines) is 1. The molecular weight excluding hydrogens is 238 g/mol. The molecule has 4 atom stereocenters. The first-order valence-electron chi connectivity index (χ1n) is 7.66. The normalized spacial score (nSPS) is 36.4. The first kappa shape index (κ1) is 14.8. The molecule has 2 N–H and O–H groups in total. The maximum absolute atomic E-state index is 12.6. The number of carbonyl (C=O) groups is 1. The average Bonchev–Trinajstić information content (AvgIpc) is 2.77. The number of carbonyl (C=O) groups excluding carboxylic acids is 1. The standard InChI is InChI=1S/C15H29N3O/c1-11-4-5-14(16)13(8-11)15(19)18(3)10-12-6-7-17(2)9-12/h11-14H,4-10,16H2,1-3H3. The van der Waals surface area contributed by atoms with Gasteiger partial charge in [0.25, 0.3) is 0 Å². The third kappa shape index (κ3) is 3.69. The Balaban J connectivity index is 1.87. The molecule has 0 spiro atoms. The van der Waals surface area contributed by atoms with Crippen molar-refractivity contribution in [2.45, 2.75) is 38.6 Å². The van der Waals surface area contributed by atoms with E-state index in [9.17, 15) is 4.79 Å². The topological polar surface area (TPSA) is 49.6 Å². The first-order valence-corrected chi connectivity index (χ1v) is 7.66. The average molecular weight is 267 g/mol. The molecule has 1 aliphatic carbocycles. The number of nitrogens with zero attached hydrogens (tertiary/aromatic N) is 2. The molecule has 2 rings (SSSR count). The van der Waals surface area contributed by atoms with Gasteiger partial charge in [0.1, 0.15) is 0 Å². The summed E-state index contributed by atoms with van der Waals surface area (Å²) in [6.45, 7) is 5.40. The predicted molar refractivity (Wildman–Crippen MR) is 77.7 cm³/mol. The van der Waals surface area contributed by atoms with Crippen molar-refractivity contribution in [3.05, 3.63) is 0 Å². The lowest BCUT2D eigenvalue weighted by atomic mass is 9.78. The summed E-state index contributed by atoms with van der Waals surface area (Å²) in [5.41, 5.74) is 6.15. The van der Waals surface area contributed by atoms with Gasteiger partial charge in [-0.25, -0.2) is 0 Å². The fourth-order valence-corrected chi connectivity index (χ4v) is 3.62. The molecule has 1 amide bonds. The molecule has 0 aromatic rings. The molecule has 19 heavy (non-hydrogen) atoms. The lowest BCUT2D eigenvalue weighted by molar-refractivity contribution is -0.136. The molecule has 0 aromatic heterocycles. The molecular formula is C15H29N3O. The van der Waals surface area contributed by atoms with Crippen LogP contribution < -0.4 is 5.73 Å². The third-order valence-electron chi connectivity index (χ3n) is 4.88. The summed E-state index contributed by atoms with van der Waals surface area (Å²) in [6, 6.07) is 0.0670. The van der Waals surface area contributed by atoms with E-state index in [1.807, 2.05) is 11.9 Å². The van der Waals surface area contributed by atoms with Gasteiger partial charge in [0, 0.05) is 26.2 Å². The smallest absolute Gasteiger partial charge is 0.227 e. The van der Waals surface area contributed by atoms with E-state index < -0.39 is 0 Å². The van der Waals surface area contributed by atoms with E-state index in [1.165, 1.54) is 12.8 Å². The van der Waals surface area contributed by atoms with Crippen molar-refractivity contribution in [2.75, 3.05) is 33.7 Å². The molecule has 1 heterocycles. The fraction of sp³-hybridized carbons (Fsp3) is 0.933. The van der Waals surface area contributed by atoms with Crippen LogP contribution >= 0.6 is 0 Å². The van der Waals surface area contributed by atoms with Crippen LogP contribution in [0.15, 0.2) is 0 Å². The van der Waals surface area contributed by atoms with E-state index in [1.54, 1.807) is 0 Å². The summed E-state index contributed by atoms with van der Waals surface area (Å²) in [4.78, 5) is 16.8. The van der Waals surface area contributed by atoms with Crippen molar-refractivity contribution < 1.29 is 4.79 Å². The zero-order chi connectivity index (χ0) is 14.0. The monoisotopic (exact) mass is 267 g/mol. The van der Waals surface area contributed by atoms with Crippen LogP contribution in [0.25, 0.3) is 0 Å². The van der Waals surface area contributed by atoms with Gasteiger partial charge in [0.2, 0.25) is 5.91 Å². The van der Waals surface area contributed by atoms with Gasteiger partial charge >= 0.3 is 0 Å². The van der Waals surface area contributed by atoms with Gasteiger partial charge in [-0.05, 0) is 51.1 Å². The molecule has 0 radical (unpaired) electrons. The zero-order valence-corrected chi connectivity index (χ0v) is 12.6. The summed E-state index contributed by atoms with van der Waals surface area (Å²) >= 11 is 0. The zero-order valence-electron chi connectivity index (χ0n) is 12.6. The maximum atomic E-state index is 12.6. The highest BCUT2D eigenvalue weighted by molar-refractivity contribution is 5.79. The summed E-state index contributed by atoms with van der Waals surface area (Å²) in [7, 11) is 4.10. The van der Waals surface area contributed by atoms with Crippen LogP contribution in [0.5, 0.6) is 0 Å². The van der Waals surface area contributed by atoms with Crippen molar-refractivity contribution in [2.24, 2.45) is 23.5 Å². The number of amides is 1. The minimum absolute atomic E-state index is 0.0490. The summed E-state index contributed by atoms with van der Waals surface area (Å²) < 4.78 is 0. The minimum Gasteiger partial charge on any atom is -0.345 e. The molecule has 4 nitrogen and oxygen atoms in total. The minimum atomic E-state index is 0.0490. The Kier molecular flexibility index (Phi) is 4.85. The van der Waals surface area contributed by atoms with E-state index >= 15 is 0 Å². The molecule has 0 bridgehead atoms. The second kappa shape index (κ2) is 6.23. The van der Waals surface area contributed by atoms with E-state index in [2.05, 4.69) is 18.9 Å². The van der Waals surface area contributed by atoms with Crippen LogP contribution in [0, 0.1) is 17.8 Å². The molecule has 2 aliphatic rings. The van der Waals surface area contributed by atoms with E-state index in [0.29, 0.717) is 11.8 Å². The largest absolute Gasteiger partial charge is 0.345 e. The Labute approximate surface area is 117 Å². The quantitative estimate of drug-likeness (QED) is 0.835. The number of rotatable bonds is 3. The van der Waals surface area contributed by atoms with Gasteiger partial charge in [-0.2, -0.15) is 0 Å². The molecule has 4 unspecified atom stereocenters. The molecule has 1 aliphatic heterocycles. The second-order valence-electron chi connectivity index (χ2n) is 6.82. The van der Waals surface area contributed by atoms with Gasteiger partial charge in [0.15, 0.2) is 0 Å². The van der Waals surface area contributed by atoms with E-state index in [4.69, 9.17) is 5.73 Å². The number of nitrogens with two attached hydrogens (primary N) is 1. The van der Waals surface area contributed by atoms with Crippen molar-refractivity contribution >= 4 is 5.91 Å². The van der Waals surface area contributed by atoms with Crippen molar-refractivity contribution in [3.8, 4) is 0 Å². The number of hydrogen-bond donors (Lipinski definition) is 1. The van der Waals surface area contributed by atoms with Gasteiger partial charge < -0.3 is 15.5 Å². The third-order valence-corrected chi connectivity index (χ3v) is 4.88. The highest BCUT2D eigenvalue weighted by Crippen LogP contribution is 2.29. The number of hydrogen-bond acceptors (Lipinski definition) is 3. The molecule has 1 saturated heterocycles. The Morgan fingerprint density at radius 1 is 1.37 bits per heavy atom. The molecule has 0 aromatic carbocycles. The van der Waals surface area contributed by atoms with Gasteiger partial charge in [-0.3, -0.25) is 4.79 Å². The Hall–Kier alpha value is -0.610. The van der Waals surface area contributed by atoms with E-state index in [0.717, 1.165) is 32.5 Å². The van der Waals surface area contributed by atoms with Gasteiger partial charge in [-0.15, -0.1) is 0 Å². The van der Waals surface area contributed by atoms with Crippen molar-refractivity contribution in [1.82, 2.24) is 9.80 Å². The van der Waals surface area contributed by atoms with E-state index in [-0.39, 0.29) is 17.9 Å². The van der Waals surface area contributed by atoms with Crippen molar-refractivity contribution in [1.29, 1.82) is 0 Å².